The van der Waals surface area contributed by atoms with Gasteiger partial charge >= 0.3 is 0 Å². The van der Waals surface area contributed by atoms with Gasteiger partial charge in [0.05, 0.1) is 22.0 Å². The average Bonchev–Trinajstić information content (AvgIpc) is 2.26. The van der Waals surface area contributed by atoms with Gasteiger partial charge in [0.15, 0.2) is 0 Å². The Morgan fingerprint density at radius 3 is 3.07 bits per heavy atom. The SMILES string of the molecule is CCC1CCC(OBr)CO/C(C)=C/C=N1. The van der Waals surface area contributed by atoms with Gasteiger partial charge in [-0.15, -0.1) is 0 Å². The second-order valence-electron chi connectivity index (χ2n) is 3.74. The molecule has 4 heteroatoms. The van der Waals surface area contributed by atoms with E-state index in [1.54, 1.807) is 0 Å². The second kappa shape index (κ2) is 7.01. The lowest BCUT2D eigenvalue weighted by molar-refractivity contribution is 0.102. The Hall–Kier alpha value is -0.350. The van der Waals surface area contributed by atoms with Crippen LogP contribution >= 0.6 is 16.3 Å². The molecular weight excluding hydrogens is 258 g/mol. The lowest BCUT2D eigenvalue weighted by Crippen LogP contribution is -2.19. The van der Waals surface area contributed by atoms with Crippen LogP contribution in [0.25, 0.3) is 0 Å². The number of aliphatic imine (C=N–C) groups is 1. The molecule has 86 valence electrons. The zero-order chi connectivity index (χ0) is 11.1. The molecule has 0 aliphatic carbocycles. The minimum atomic E-state index is 0.107. The quantitative estimate of drug-likeness (QED) is 0.775. The van der Waals surface area contributed by atoms with Gasteiger partial charge in [-0.25, -0.2) is 0 Å². The topological polar surface area (TPSA) is 30.8 Å². The van der Waals surface area contributed by atoms with Gasteiger partial charge in [0.2, 0.25) is 0 Å². The van der Waals surface area contributed by atoms with Crippen molar-refractivity contribution in [3.05, 3.63) is 11.8 Å². The first-order valence-corrected chi connectivity index (χ1v) is 6.01. The monoisotopic (exact) mass is 275 g/mol. The molecule has 1 heterocycles. The molecule has 2 unspecified atom stereocenters. The van der Waals surface area contributed by atoms with Crippen molar-refractivity contribution < 1.29 is 8.57 Å². The van der Waals surface area contributed by atoms with E-state index >= 15 is 0 Å². The molecule has 0 aromatic rings. The number of allylic oxidation sites excluding steroid dienone is 2. The van der Waals surface area contributed by atoms with Crippen LogP contribution in [0.1, 0.15) is 33.1 Å². The van der Waals surface area contributed by atoms with Gasteiger partial charge in [-0.05, 0) is 32.3 Å². The van der Waals surface area contributed by atoms with Crippen molar-refractivity contribution >= 4 is 22.5 Å². The van der Waals surface area contributed by atoms with Gasteiger partial charge in [-0.2, -0.15) is 0 Å². The van der Waals surface area contributed by atoms with Crippen molar-refractivity contribution in [1.29, 1.82) is 0 Å². The van der Waals surface area contributed by atoms with Crippen LogP contribution < -0.4 is 0 Å². The van der Waals surface area contributed by atoms with Crippen molar-refractivity contribution in [2.24, 2.45) is 4.99 Å². The van der Waals surface area contributed by atoms with Gasteiger partial charge in [0.1, 0.15) is 12.7 Å². The summed E-state index contributed by atoms with van der Waals surface area (Å²) in [7, 11) is 0. The van der Waals surface area contributed by atoms with Crippen LogP contribution in [0.5, 0.6) is 0 Å². The van der Waals surface area contributed by atoms with Crippen molar-refractivity contribution in [3.8, 4) is 0 Å². The summed E-state index contributed by atoms with van der Waals surface area (Å²) in [6.45, 7) is 4.68. The van der Waals surface area contributed by atoms with Gasteiger partial charge in [0.25, 0.3) is 0 Å². The molecule has 0 radical (unpaired) electrons. The summed E-state index contributed by atoms with van der Waals surface area (Å²) < 4.78 is 10.7. The number of rotatable bonds is 2. The van der Waals surface area contributed by atoms with Gasteiger partial charge in [-0.3, -0.25) is 4.99 Å². The Morgan fingerprint density at radius 2 is 2.40 bits per heavy atom. The fourth-order valence-electron chi connectivity index (χ4n) is 1.46. The molecule has 1 aliphatic heterocycles. The minimum Gasteiger partial charge on any atom is -0.495 e. The van der Waals surface area contributed by atoms with Gasteiger partial charge in [0, 0.05) is 12.3 Å². The highest BCUT2D eigenvalue weighted by atomic mass is 79.9. The molecule has 0 N–H and O–H groups in total. The summed E-state index contributed by atoms with van der Waals surface area (Å²) in [5, 5.41) is 0. The molecule has 1 rings (SSSR count). The Kier molecular flexibility index (Phi) is 5.95. The third kappa shape index (κ3) is 4.80. The molecule has 0 saturated heterocycles. The molecule has 0 fully saturated rings. The number of halogens is 1. The Balaban J connectivity index is 2.62. The first-order chi connectivity index (χ1) is 7.26. The fraction of sp³-hybridized carbons (Fsp3) is 0.727. The van der Waals surface area contributed by atoms with E-state index < -0.39 is 0 Å². The van der Waals surface area contributed by atoms with E-state index in [1.807, 2.05) is 19.2 Å². The lowest BCUT2D eigenvalue weighted by atomic mass is 10.1. The summed E-state index contributed by atoms with van der Waals surface area (Å²) in [6, 6.07) is 0.400. The van der Waals surface area contributed by atoms with Crippen LogP contribution in [0.15, 0.2) is 16.8 Å². The molecule has 0 spiro atoms. The van der Waals surface area contributed by atoms with Crippen LogP contribution in [0.4, 0.5) is 0 Å². The van der Waals surface area contributed by atoms with E-state index in [1.165, 1.54) is 0 Å². The number of ether oxygens (including phenoxy) is 1. The van der Waals surface area contributed by atoms with Crippen LogP contribution in [-0.2, 0) is 8.57 Å². The standard InChI is InChI=1S/C11H18BrNO2/c1-3-10-4-5-11(15-12)8-14-9(2)6-7-13-10/h6-7,10-11H,3-5,8H2,1-2H3/b9-6+,13-7?. The normalized spacial score (nSPS) is 31.5. The predicted molar refractivity (Wildman–Crippen MR) is 65.3 cm³/mol. The molecule has 0 bridgehead atoms. The third-order valence-electron chi connectivity index (χ3n) is 2.52. The van der Waals surface area contributed by atoms with E-state index in [9.17, 15) is 0 Å². The highest BCUT2D eigenvalue weighted by Crippen LogP contribution is 2.15. The van der Waals surface area contributed by atoms with Crippen LogP contribution in [0.2, 0.25) is 0 Å². The first-order valence-electron chi connectivity index (χ1n) is 5.36. The van der Waals surface area contributed by atoms with Crippen LogP contribution in [0, 0.1) is 0 Å². The van der Waals surface area contributed by atoms with Gasteiger partial charge in [-0.1, -0.05) is 6.92 Å². The van der Waals surface area contributed by atoms with E-state index in [-0.39, 0.29) is 6.10 Å². The maximum Gasteiger partial charge on any atom is 0.115 e. The highest BCUT2D eigenvalue weighted by molar-refractivity contribution is 9.06. The molecular formula is C11H18BrNO2. The Morgan fingerprint density at radius 1 is 1.60 bits per heavy atom. The molecule has 15 heavy (non-hydrogen) atoms. The Bertz CT molecular complexity index is 241. The van der Waals surface area contributed by atoms with Gasteiger partial charge < -0.3 is 8.57 Å². The first kappa shape index (κ1) is 12.7. The fourth-order valence-corrected chi connectivity index (χ4v) is 1.75. The number of hydrogen-bond acceptors (Lipinski definition) is 3. The van der Waals surface area contributed by atoms with Crippen LogP contribution in [0.3, 0.4) is 0 Å². The lowest BCUT2D eigenvalue weighted by Gasteiger charge is -2.18. The molecule has 0 amide bonds. The van der Waals surface area contributed by atoms with E-state index in [0.29, 0.717) is 12.6 Å². The zero-order valence-corrected chi connectivity index (χ0v) is 10.9. The second-order valence-corrected chi connectivity index (χ2v) is 4.11. The molecule has 0 saturated carbocycles. The smallest absolute Gasteiger partial charge is 0.115 e. The maximum atomic E-state index is 5.51. The average molecular weight is 276 g/mol. The molecule has 0 aromatic carbocycles. The minimum absolute atomic E-state index is 0.107. The summed E-state index contributed by atoms with van der Waals surface area (Å²) in [5.74, 6) is 0.880. The third-order valence-corrected chi connectivity index (χ3v) is 3.05. The van der Waals surface area contributed by atoms with Crippen molar-refractivity contribution in [2.75, 3.05) is 6.61 Å². The van der Waals surface area contributed by atoms with Crippen LogP contribution in [-0.4, -0.2) is 25.0 Å². The summed E-state index contributed by atoms with van der Waals surface area (Å²) in [5.41, 5.74) is 0. The molecule has 2 atom stereocenters. The van der Waals surface area contributed by atoms with E-state index in [0.717, 1.165) is 25.0 Å². The maximum absolute atomic E-state index is 5.51. The summed E-state index contributed by atoms with van der Waals surface area (Å²) in [4.78, 5) is 4.47. The molecule has 0 aromatic heterocycles. The largest absolute Gasteiger partial charge is 0.495 e. The Labute approximate surface area is 100 Å². The highest BCUT2D eigenvalue weighted by Gasteiger charge is 2.13. The zero-order valence-electron chi connectivity index (χ0n) is 9.28. The van der Waals surface area contributed by atoms with E-state index in [4.69, 9.17) is 8.57 Å². The summed E-state index contributed by atoms with van der Waals surface area (Å²) >= 11 is 3.04. The molecule has 1 aliphatic rings. The van der Waals surface area contributed by atoms with Crippen molar-refractivity contribution in [3.63, 3.8) is 0 Å². The summed E-state index contributed by atoms with van der Waals surface area (Å²) in [6.07, 6.45) is 6.93. The number of hydrogen-bond donors (Lipinski definition) is 0. The van der Waals surface area contributed by atoms with Crippen molar-refractivity contribution in [1.82, 2.24) is 0 Å². The number of nitrogens with zero attached hydrogens (tertiary/aromatic N) is 1. The molecule has 3 nitrogen and oxygen atoms in total. The van der Waals surface area contributed by atoms with E-state index in [2.05, 4.69) is 28.2 Å². The van der Waals surface area contributed by atoms with Crippen molar-refractivity contribution in [2.45, 2.75) is 45.3 Å². The predicted octanol–water partition coefficient (Wildman–Crippen LogP) is 3.25.